The van der Waals surface area contributed by atoms with E-state index in [1.54, 1.807) is 66.0 Å². The lowest BCUT2D eigenvalue weighted by Gasteiger charge is -2.18. The Morgan fingerprint density at radius 3 is 2.34 bits per heavy atom. The van der Waals surface area contributed by atoms with E-state index in [9.17, 15) is 18.0 Å². The van der Waals surface area contributed by atoms with Gasteiger partial charge in [-0.1, -0.05) is 36.4 Å². The maximum Gasteiger partial charge on any atom is 0.344 e. The molecule has 0 aliphatic rings. The Morgan fingerprint density at radius 1 is 0.969 bits per heavy atom. The second-order valence-corrected chi connectivity index (χ2v) is 9.94. The Kier molecular flexibility index (Phi) is 8.02. The number of thiophene rings is 1. The van der Waals surface area contributed by atoms with Crippen LogP contribution >= 0.6 is 11.3 Å². The molecule has 1 heterocycles. The van der Waals surface area contributed by atoms with Crippen LogP contribution < -0.4 is 9.04 Å². The molecule has 0 aliphatic heterocycles. The first-order valence-electron chi connectivity index (χ1n) is 9.87. The van der Waals surface area contributed by atoms with Crippen molar-refractivity contribution >= 4 is 38.8 Å². The molecule has 32 heavy (non-hydrogen) atoms. The van der Waals surface area contributed by atoms with Crippen LogP contribution in [0.1, 0.15) is 23.2 Å². The fraction of sp³-hybridized carbons (Fsp3) is 0.217. The molecule has 0 amide bonds. The van der Waals surface area contributed by atoms with Crippen LogP contribution in [0.5, 0.6) is 5.75 Å². The van der Waals surface area contributed by atoms with Gasteiger partial charge >= 0.3 is 5.97 Å². The maximum absolute atomic E-state index is 12.6. The molecule has 0 aliphatic carbocycles. The summed E-state index contributed by atoms with van der Waals surface area (Å²) in [6.07, 6.45) is 0.723. The average Bonchev–Trinajstić information content (AvgIpc) is 3.37. The van der Waals surface area contributed by atoms with Crippen LogP contribution in [0.15, 0.2) is 76.3 Å². The predicted octanol–water partition coefficient (Wildman–Crippen LogP) is 4.16. The van der Waals surface area contributed by atoms with Crippen LogP contribution in [0.4, 0.5) is 5.69 Å². The number of esters is 1. The maximum atomic E-state index is 12.6. The van der Waals surface area contributed by atoms with Gasteiger partial charge in [0.25, 0.3) is 10.0 Å². The van der Waals surface area contributed by atoms with Crippen LogP contribution in [0.2, 0.25) is 0 Å². The van der Waals surface area contributed by atoms with Gasteiger partial charge in [0, 0.05) is 19.0 Å². The van der Waals surface area contributed by atoms with E-state index in [0.29, 0.717) is 29.8 Å². The molecule has 9 heteroatoms. The highest BCUT2D eigenvalue weighted by Gasteiger charge is 2.22. The smallest absolute Gasteiger partial charge is 0.344 e. The Morgan fingerprint density at radius 2 is 1.69 bits per heavy atom. The van der Waals surface area contributed by atoms with Crippen LogP contribution in [-0.4, -0.2) is 40.4 Å². The number of anilines is 1. The van der Waals surface area contributed by atoms with Gasteiger partial charge in [-0.2, -0.15) is 0 Å². The number of carbonyl (C=O) groups excluding carboxylic acids is 2. The number of nitrogens with zero attached hydrogens (tertiary/aromatic N) is 1. The first-order valence-corrected chi connectivity index (χ1v) is 12.2. The van der Waals surface area contributed by atoms with Gasteiger partial charge < -0.3 is 9.47 Å². The molecule has 2 aromatic carbocycles. The van der Waals surface area contributed by atoms with Crippen molar-refractivity contribution in [2.75, 3.05) is 24.6 Å². The quantitative estimate of drug-likeness (QED) is 0.236. The van der Waals surface area contributed by atoms with Crippen molar-refractivity contribution in [1.82, 2.24) is 0 Å². The van der Waals surface area contributed by atoms with Crippen LogP contribution in [0.3, 0.4) is 0 Å². The van der Waals surface area contributed by atoms with Crippen molar-refractivity contribution in [3.63, 3.8) is 0 Å². The second kappa shape index (κ2) is 10.9. The summed E-state index contributed by atoms with van der Waals surface area (Å²) in [4.78, 5) is 23.8. The van der Waals surface area contributed by atoms with Gasteiger partial charge in [-0.25, -0.2) is 13.2 Å². The second-order valence-electron chi connectivity index (χ2n) is 6.80. The van der Waals surface area contributed by atoms with Crippen LogP contribution in [0, 0.1) is 0 Å². The minimum Gasteiger partial charge on any atom is -0.482 e. The van der Waals surface area contributed by atoms with E-state index in [0.717, 1.165) is 11.3 Å². The molecule has 1 aromatic heterocycles. The van der Waals surface area contributed by atoms with Crippen molar-refractivity contribution in [3.05, 3.63) is 77.7 Å². The zero-order valence-corrected chi connectivity index (χ0v) is 19.1. The molecular weight excluding hydrogens is 450 g/mol. The fourth-order valence-electron chi connectivity index (χ4n) is 2.81. The van der Waals surface area contributed by atoms with Crippen molar-refractivity contribution in [3.8, 4) is 5.75 Å². The van der Waals surface area contributed by atoms with E-state index in [1.165, 1.54) is 11.4 Å². The normalized spacial score (nSPS) is 11.0. The summed E-state index contributed by atoms with van der Waals surface area (Å²) in [5.41, 5.74) is 1.11. The zero-order chi connectivity index (χ0) is 23.0. The summed E-state index contributed by atoms with van der Waals surface area (Å²) < 4.78 is 37.1. The Hall–Kier alpha value is -3.17. The third-order valence-electron chi connectivity index (χ3n) is 4.57. The molecule has 0 N–H and O–H groups in total. The number of hydrogen-bond donors (Lipinski definition) is 0. The Labute approximate surface area is 191 Å². The van der Waals surface area contributed by atoms with Crippen molar-refractivity contribution in [1.29, 1.82) is 0 Å². The summed E-state index contributed by atoms with van der Waals surface area (Å²) in [5.74, 6) is -0.130. The number of sulfonamides is 1. The van der Waals surface area contributed by atoms with E-state index < -0.39 is 16.0 Å². The summed E-state index contributed by atoms with van der Waals surface area (Å²) in [5, 5.41) is 1.71. The zero-order valence-electron chi connectivity index (χ0n) is 17.5. The van der Waals surface area contributed by atoms with Gasteiger partial charge in [-0.3, -0.25) is 9.10 Å². The first kappa shape index (κ1) is 23.5. The van der Waals surface area contributed by atoms with Gasteiger partial charge in [-0.15, -0.1) is 11.3 Å². The molecule has 0 radical (unpaired) electrons. The number of Topliss-reactive ketones (excluding diaryl/α,β-unsaturated/α-hetero) is 1. The Balaban J connectivity index is 1.41. The summed E-state index contributed by atoms with van der Waals surface area (Å²) in [6.45, 7) is -0.152. The molecule has 168 valence electrons. The molecule has 3 rings (SSSR count). The highest BCUT2D eigenvalue weighted by Crippen LogP contribution is 2.26. The third-order valence-corrected chi connectivity index (χ3v) is 7.73. The Bertz CT molecular complexity index is 1130. The molecule has 0 unspecified atom stereocenters. The first-order chi connectivity index (χ1) is 15.4. The lowest BCUT2D eigenvalue weighted by molar-refractivity contribution is -0.146. The van der Waals surface area contributed by atoms with Gasteiger partial charge in [0.05, 0.1) is 12.3 Å². The summed E-state index contributed by atoms with van der Waals surface area (Å²) in [7, 11) is -2.13. The molecule has 7 nitrogen and oxygen atoms in total. The van der Waals surface area contributed by atoms with Crippen LogP contribution in [0.25, 0.3) is 0 Å². The van der Waals surface area contributed by atoms with Crippen molar-refractivity contribution < 1.29 is 27.5 Å². The number of hydrogen-bond acceptors (Lipinski definition) is 7. The van der Waals surface area contributed by atoms with E-state index >= 15 is 0 Å². The van der Waals surface area contributed by atoms with Gasteiger partial charge in [0.1, 0.15) is 9.96 Å². The highest BCUT2D eigenvalue weighted by molar-refractivity contribution is 7.94. The van der Waals surface area contributed by atoms with E-state index in [1.807, 2.05) is 6.07 Å². The molecule has 0 saturated heterocycles. The largest absolute Gasteiger partial charge is 0.482 e. The van der Waals surface area contributed by atoms with E-state index in [2.05, 4.69) is 0 Å². The monoisotopic (exact) mass is 473 g/mol. The number of rotatable bonds is 11. The number of benzene rings is 2. The van der Waals surface area contributed by atoms with Crippen LogP contribution in [-0.2, 0) is 19.6 Å². The lowest BCUT2D eigenvalue weighted by Crippen LogP contribution is -2.25. The minimum absolute atomic E-state index is 0.00375. The molecule has 0 bridgehead atoms. The lowest BCUT2D eigenvalue weighted by atomic mass is 10.1. The van der Waals surface area contributed by atoms with Gasteiger partial charge in [0.15, 0.2) is 12.4 Å². The molecule has 0 saturated carbocycles. The molecule has 3 aromatic rings. The SMILES string of the molecule is CN(c1ccc(OCC(=O)OCCCC(=O)c2ccccc2)cc1)S(=O)(=O)c1cccs1. The highest BCUT2D eigenvalue weighted by atomic mass is 32.2. The summed E-state index contributed by atoms with van der Waals surface area (Å²) in [6, 6.07) is 18.6. The van der Waals surface area contributed by atoms with E-state index in [4.69, 9.17) is 9.47 Å². The molecule has 0 fully saturated rings. The summed E-state index contributed by atoms with van der Waals surface area (Å²) >= 11 is 1.15. The average molecular weight is 474 g/mol. The third kappa shape index (κ3) is 6.18. The fourth-order valence-corrected chi connectivity index (χ4v) is 5.16. The van der Waals surface area contributed by atoms with Gasteiger partial charge in [0.2, 0.25) is 0 Å². The molecular formula is C23H23NO6S2. The predicted molar refractivity (Wildman–Crippen MR) is 123 cm³/mol. The minimum atomic E-state index is -3.61. The number of ketones is 1. The molecule has 0 spiro atoms. The van der Waals surface area contributed by atoms with Gasteiger partial charge in [-0.05, 0) is 42.1 Å². The van der Waals surface area contributed by atoms with Crippen molar-refractivity contribution in [2.24, 2.45) is 0 Å². The number of ether oxygens (including phenoxy) is 2. The standard InChI is InChI=1S/C23H23NO6S2/c1-24(32(27,28)23-10-6-16-31-23)19-11-13-20(14-12-19)30-17-22(26)29-15-5-9-21(25)18-7-3-2-4-8-18/h2-4,6-8,10-14,16H,5,9,15,17H2,1H3. The number of carbonyl (C=O) groups is 2. The van der Waals surface area contributed by atoms with E-state index in [-0.39, 0.29) is 23.2 Å². The molecule has 0 atom stereocenters. The topological polar surface area (TPSA) is 90.0 Å². The van der Waals surface area contributed by atoms with Crippen molar-refractivity contribution in [2.45, 2.75) is 17.1 Å².